The van der Waals surface area contributed by atoms with Crippen LogP contribution in [0.4, 0.5) is 5.95 Å². The average Bonchev–Trinajstić information content (AvgIpc) is 2.47. The van der Waals surface area contributed by atoms with Crippen molar-refractivity contribution in [2.75, 3.05) is 5.32 Å². The van der Waals surface area contributed by atoms with E-state index in [1.807, 2.05) is 6.07 Å². The summed E-state index contributed by atoms with van der Waals surface area (Å²) in [5, 5.41) is 12.4. The molecule has 20 heavy (non-hydrogen) atoms. The molecule has 1 aliphatic rings. The first kappa shape index (κ1) is 12.6. The lowest BCUT2D eigenvalue weighted by Crippen LogP contribution is -2.28. The van der Waals surface area contributed by atoms with Crippen LogP contribution in [0.5, 0.6) is 0 Å². The Balaban J connectivity index is 1.77. The largest absolute Gasteiger partial charge is 0.478 e. The van der Waals surface area contributed by atoms with Crippen molar-refractivity contribution in [3.8, 4) is 0 Å². The van der Waals surface area contributed by atoms with E-state index in [0.29, 0.717) is 11.5 Å². The zero-order valence-electron chi connectivity index (χ0n) is 10.9. The summed E-state index contributed by atoms with van der Waals surface area (Å²) >= 11 is 0. The molecule has 2 aromatic rings. The van der Waals surface area contributed by atoms with Gasteiger partial charge in [-0.2, -0.15) is 0 Å². The molecule has 1 aromatic heterocycles. The first-order valence-electron chi connectivity index (χ1n) is 6.61. The average molecular weight is 269 g/mol. The maximum Gasteiger partial charge on any atom is 0.335 e. The van der Waals surface area contributed by atoms with Gasteiger partial charge in [0, 0.05) is 18.4 Å². The number of aromatic nitrogens is 2. The van der Waals surface area contributed by atoms with Gasteiger partial charge in [0.25, 0.3) is 0 Å². The van der Waals surface area contributed by atoms with Crippen molar-refractivity contribution in [2.24, 2.45) is 0 Å². The lowest BCUT2D eigenvalue weighted by Gasteiger charge is -2.25. The molecule has 0 radical (unpaired) electrons. The molecule has 102 valence electrons. The van der Waals surface area contributed by atoms with Crippen LogP contribution >= 0.6 is 0 Å². The fourth-order valence-corrected chi connectivity index (χ4v) is 2.57. The molecular formula is C15H15N3O2. The van der Waals surface area contributed by atoms with Crippen LogP contribution in [-0.4, -0.2) is 27.1 Å². The Morgan fingerprint density at radius 2 is 2.05 bits per heavy atom. The molecule has 0 saturated heterocycles. The fraction of sp³-hybridized carbons (Fsp3) is 0.267. The summed E-state index contributed by atoms with van der Waals surface area (Å²) in [5.41, 5.74) is 2.69. The number of hydrogen-bond donors (Lipinski definition) is 2. The topological polar surface area (TPSA) is 75.1 Å². The lowest BCUT2D eigenvalue weighted by atomic mass is 9.87. The van der Waals surface area contributed by atoms with Crippen LogP contribution in [0.25, 0.3) is 0 Å². The van der Waals surface area contributed by atoms with Crippen LogP contribution < -0.4 is 5.32 Å². The maximum atomic E-state index is 11.0. The lowest BCUT2D eigenvalue weighted by molar-refractivity contribution is 0.0696. The summed E-state index contributed by atoms with van der Waals surface area (Å²) in [5.74, 6) is -0.260. The van der Waals surface area contributed by atoms with Gasteiger partial charge < -0.3 is 10.4 Å². The number of carboxylic acids is 1. The van der Waals surface area contributed by atoms with Crippen molar-refractivity contribution in [1.82, 2.24) is 9.97 Å². The maximum absolute atomic E-state index is 11.0. The van der Waals surface area contributed by atoms with E-state index in [1.165, 1.54) is 5.56 Å². The first-order chi connectivity index (χ1) is 9.72. The first-order valence-corrected chi connectivity index (χ1v) is 6.61. The zero-order chi connectivity index (χ0) is 13.9. The van der Waals surface area contributed by atoms with Gasteiger partial charge >= 0.3 is 5.97 Å². The predicted molar refractivity (Wildman–Crippen MR) is 74.9 cm³/mol. The van der Waals surface area contributed by atoms with E-state index in [2.05, 4.69) is 15.3 Å². The van der Waals surface area contributed by atoms with Gasteiger partial charge in [-0.15, -0.1) is 0 Å². The van der Waals surface area contributed by atoms with Crippen LogP contribution in [0.1, 0.15) is 27.9 Å². The number of aryl methyl sites for hydroxylation is 1. The van der Waals surface area contributed by atoms with E-state index < -0.39 is 5.97 Å². The number of benzene rings is 1. The molecule has 0 bridgehead atoms. The highest BCUT2D eigenvalue weighted by molar-refractivity contribution is 5.87. The zero-order valence-corrected chi connectivity index (χ0v) is 10.9. The summed E-state index contributed by atoms with van der Waals surface area (Å²) in [6.45, 7) is 0. The second-order valence-corrected chi connectivity index (χ2v) is 4.95. The van der Waals surface area contributed by atoms with Crippen LogP contribution in [-0.2, 0) is 12.8 Å². The van der Waals surface area contributed by atoms with Crippen LogP contribution in [0.3, 0.4) is 0 Å². The normalized spacial score (nSPS) is 17.3. The third-order valence-corrected chi connectivity index (χ3v) is 3.58. The highest BCUT2D eigenvalue weighted by Gasteiger charge is 2.20. The van der Waals surface area contributed by atoms with Gasteiger partial charge in [0.15, 0.2) is 0 Å². The van der Waals surface area contributed by atoms with Gasteiger partial charge in [-0.25, -0.2) is 14.8 Å². The molecule has 0 aliphatic heterocycles. The molecule has 1 atom stereocenters. The van der Waals surface area contributed by atoms with Crippen molar-refractivity contribution < 1.29 is 9.90 Å². The number of anilines is 1. The number of hydrogen-bond acceptors (Lipinski definition) is 4. The number of nitrogens with zero attached hydrogens (tertiary/aromatic N) is 2. The molecule has 3 rings (SSSR count). The van der Waals surface area contributed by atoms with Crippen molar-refractivity contribution in [2.45, 2.75) is 25.3 Å². The van der Waals surface area contributed by atoms with Gasteiger partial charge in [-0.05, 0) is 48.6 Å². The fourth-order valence-electron chi connectivity index (χ4n) is 2.57. The van der Waals surface area contributed by atoms with E-state index in [-0.39, 0.29) is 6.04 Å². The van der Waals surface area contributed by atoms with Crippen LogP contribution in [0.2, 0.25) is 0 Å². The van der Waals surface area contributed by atoms with E-state index in [0.717, 1.165) is 24.8 Å². The quantitative estimate of drug-likeness (QED) is 0.893. The van der Waals surface area contributed by atoms with Gasteiger partial charge in [0.05, 0.1) is 5.56 Å². The SMILES string of the molecule is O=C(O)c1ccc2c(c1)CC(Nc1ncccn1)CC2. The Morgan fingerprint density at radius 1 is 1.25 bits per heavy atom. The van der Waals surface area contributed by atoms with Gasteiger partial charge in [-0.3, -0.25) is 0 Å². The van der Waals surface area contributed by atoms with Crippen molar-refractivity contribution in [3.05, 3.63) is 53.3 Å². The Labute approximate surface area is 116 Å². The number of carboxylic acid groups (broad SMARTS) is 1. The molecule has 1 aliphatic carbocycles. The highest BCUT2D eigenvalue weighted by atomic mass is 16.4. The molecule has 0 spiro atoms. The minimum absolute atomic E-state index is 0.244. The van der Waals surface area contributed by atoms with Gasteiger partial charge in [-0.1, -0.05) is 6.07 Å². The molecule has 5 heteroatoms. The van der Waals surface area contributed by atoms with Crippen molar-refractivity contribution in [1.29, 1.82) is 0 Å². The van der Waals surface area contributed by atoms with Crippen LogP contribution in [0, 0.1) is 0 Å². The molecule has 0 saturated carbocycles. The monoisotopic (exact) mass is 269 g/mol. The molecule has 0 amide bonds. The van der Waals surface area contributed by atoms with E-state index in [1.54, 1.807) is 30.6 Å². The summed E-state index contributed by atoms with van der Waals surface area (Å²) in [6, 6.07) is 7.40. The van der Waals surface area contributed by atoms with Gasteiger partial charge in [0.2, 0.25) is 5.95 Å². The number of carbonyl (C=O) groups is 1. The van der Waals surface area contributed by atoms with Crippen molar-refractivity contribution in [3.63, 3.8) is 0 Å². The van der Waals surface area contributed by atoms with E-state index in [4.69, 9.17) is 5.11 Å². The summed E-state index contributed by atoms with van der Waals surface area (Å²) in [7, 11) is 0. The summed E-state index contributed by atoms with van der Waals surface area (Å²) in [6.07, 6.45) is 6.15. The predicted octanol–water partition coefficient (Wildman–Crippen LogP) is 2.14. The number of aromatic carboxylic acids is 1. The van der Waals surface area contributed by atoms with E-state index in [9.17, 15) is 4.79 Å². The third kappa shape index (κ3) is 2.61. The number of nitrogens with one attached hydrogen (secondary N) is 1. The second kappa shape index (κ2) is 5.28. The number of rotatable bonds is 3. The van der Waals surface area contributed by atoms with Crippen LogP contribution in [0.15, 0.2) is 36.7 Å². The molecule has 1 aromatic carbocycles. The molecular weight excluding hydrogens is 254 g/mol. The Kier molecular flexibility index (Phi) is 3.33. The van der Waals surface area contributed by atoms with Crippen molar-refractivity contribution >= 4 is 11.9 Å². The Bertz CT molecular complexity index is 628. The molecule has 5 nitrogen and oxygen atoms in total. The third-order valence-electron chi connectivity index (χ3n) is 3.58. The van der Waals surface area contributed by atoms with E-state index >= 15 is 0 Å². The molecule has 1 heterocycles. The summed E-state index contributed by atoms with van der Waals surface area (Å²) < 4.78 is 0. The second-order valence-electron chi connectivity index (χ2n) is 4.95. The summed E-state index contributed by atoms with van der Waals surface area (Å²) in [4.78, 5) is 19.3. The Morgan fingerprint density at radius 3 is 2.80 bits per heavy atom. The standard InChI is InChI=1S/C15H15N3O2/c19-14(20)11-3-2-10-4-5-13(9-12(10)8-11)18-15-16-6-1-7-17-15/h1-3,6-8,13H,4-5,9H2,(H,19,20)(H,16,17,18). The Hall–Kier alpha value is -2.43. The smallest absolute Gasteiger partial charge is 0.335 e. The molecule has 1 unspecified atom stereocenters. The molecule has 0 fully saturated rings. The minimum atomic E-state index is -0.880. The molecule has 2 N–H and O–H groups in total. The minimum Gasteiger partial charge on any atom is -0.478 e. The number of fused-ring (bicyclic) bond motifs is 1. The highest BCUT2D eigenvalue weighted by Crippen LogP contribution is 2.24. The van der Waals surface area contributed by atoms with Gasteiger partial charge in [0.1, 0.15) is 0 Å².